The second kappa shape index (κ2) is 9.65. The molecule has 7 nitrogen and oxygen atoms in total. The van der Waals surface area contributed by atoms with Crippen molar-refractivity contribution in [3.8, 4) is 0 Å². The Morgan fingerprint density at radius 3 is 2.25 bits per heavy atom. The van der Waals surface area contributed by atoms with Gasteiger partial charge in [-0.1, -0.05) is 0 Å². The summed E-state index contributed by atoms with van der Waals surface area (Å²) in [6, 6.07) is 7.22. The summed E-state index contributed by atoms with van der Waals surface area (Å²) in [5.41, 5.74) is 1.50. The number of halogens is 2. The monoisotopic (exact) mass is 392 g/mol. The first-order valence-electron chi connectivity index (χ1n) is 8.43. The maximum atomic E-state index is 13.2. The normalized spacial score (nSPS) is 10.3. The summed E-state index contributed by atoms with van der Waals surface area (Å²) < 4.78 is 31.1. The number of hydrogen-bond acceptors (Lipinski definition) is 4. The van der Waals surface area contributed by atoms with Crippen LogP contribution in [0.4, 0.5) is 30.6 Å². The van der Waals surface area contributed by atoms with Crippen LogP contribution < -0.4 is 20.9 Å². The molecule has 0 radical (unpaired) electrons. The van der Waals surface area contributed by atoms with Gasteiger partial charge in [0.05, 0.1) is 12.2 Å². The van der Waals surface area contributed by atoms with Gasteiger partial charge in [-0.25, -0.2) is 13.6 Å². The van der Waals surface area contributed by atoms with Crippen LogP contribution in [0.5, 0.6) is 0 Å². The Labute approximate surface area is 161 Å². The fourth-order valence-electron chi connectivity index (χ4n) is 2.41. The van der Waals surface area contributed by atoms with Crippen LogP contribution in [-0.4, -0.2) is 46.3 Å². The molecule has 0 spiro atoms. The van der Waals surface area contributed by atoms with E-state index in [4.69, 9.17) is 4.74 Å². The molecule has 2 rings (SSSR count). The van der Waals surface area contributed by atoms with Crippen LogP contribution in [-0.2, 0) is 4.74 Å². The van der Waals surface area contributed by atoms with Crippen LogP contribution in [0.15, 0.2) is 36.4 Å². The fourth-order valence-corrected chi connectivity index (χ4v) is 2.41. The molecule has 9 heteroatoms. The van der Waals surface area contributed by atoms with Gasteiger partial charge in [0.15, 0.2) is 11.6 Å². The van der Waals surface area contributed by atoms with Crippen molar-refractivity contribution in [3.63, 3.8) is 0 Å². The van der Waals surface area contributed by atoms with E-state index in [-0.39, 0.29) is 11.6 Å². The number of hydrogen-bond donors (Lipinski definition) is 3. The van der Waals surface area contributed by atoms with E-state index in [0.717, 1.165) is 12.1 Å². The fraction of sp³-hybridized carbons (Fsp3) is 0.263. The molecule has 2 aromatic carbocycles. The zero-order chi connectivity index (χ0) is 20.7. The van der Waals surface area contributed by atoms with E-state index in [1.807, 2.05) is 0 Å². The number of anilines is 3. The van der Waals surface area contributed by atoms with Crippen molar-refractivity contribution < 1.29 is 23.1 Å². The summed E-state index contributed by atoms with van der Waals surface area (Å²) in [4.78, 5) is 26.3. The molecule has 3 amide bonds. The lowest BCUT2D eigenvalue weighted by Gasteiger charge is -2.18. The van der Waals surface area contributed by atoms with E-state index in [1.165, 1.54) is 19.2 Å². The molecule has 0 saturated heterocycles. The number of amides is 3. The van der Waals surface area contributed by atoms with E-state index in [1.54, 1.807) is 31.1 Å². The number of carbonyl (C=O) groups is 2. The Kier molecular flexibility index (Phi) is 7.28. The third-order valence-corrected chi connectivity index (χ3v) is 3.75. The summed E-state index contributed by atoms with van der Waals surface area (Å²) in [5.74, 6) is -2.39. The van der Waals surface area contributed by atoms with Crippen molar-refractivity contribution in [2.45, 2.75) is 0 Å². The van der Waals surface area contributed by atoms with E-state index in [0.29, 0.717) is 30.1 Å². The summed E-state index contributed by atoms with van der Waals surface area (Å²) in [6.45, 7) is 0.716. The molecule has 0 fully saturated rings. The number of urea groups is 1. The molecule has 0 aliphatic rings. The van der Waals surface area contributed by atoms with Crippen molar-refractivity contribution in [1.29, 1.82) is 0 Å². The molecule has 0 unspecified atom stereocenters. The standard InChI is InChI=1S/C19H22F2N4O3/c1-25(2)17-7-5-12(10-14(17)18(26)22-8-9-28-3)23-19(27)24-13-4-6-15(20)16(21)11-13/h4-7,10-11H,8-9H2,1-3H3,(H,22,26)(H2,23,24,27). The second-order valence-corrected chi connectivity index (χ2v) is 6.08. The molecule has 0 aliphatic heterocycles. The number of methoxy groups -OCH3 is 1. The van der Waals surface area contributed by atoms with Gasteiger partial charge in [0.25, 0.3) is 5.91 Å². The van der Waals surface area contributed by atoms with E-state index in [9.17, 15) is 18.4 Å². The first-order chi connectivity index (χ1) is 13.3. The van der Waals surface area contributed by atoms with Crippen molar-refractivity contribution in [1.82, 2.24) is 5.32 Å². The molecule has 3 N–H and O–H groups in total. The van der Waals surface area contributed by atoms with Crippen molar-refractivity contribution in [2.24, 2.45) is 0 Å². The molecule has 0 aliphatic carbocycles. The summed E-state index contributed by atoms with van der Waals surface area (Å²) >= 11 is 0. The zero-order valence-electron chi connectivity index (χ0n) is 15.8. The molecular weight excluding hydrogens is 370 g/mol. The average molecular weight is 392 g/mol. The molecule has 0 atom stereocenters. The third kappa shape index (κ3) is 5.65. The molecule has 0 saturated carbocycles. The Morgan fingerprint density at radius 1 is 1.00 bits per heavy atom. The third-order valence-electron chi connectivity index (χ3n) is 3.75. The van der Waals surface area contributed by atoms with Gasteiger partial charge in [-0.15, -0.1) is 0 Å². The maximum Gasteiger partial charge on any atom is 0.323 e. The largest absolute Gasteiger partial charge is 0.383 e. The van der Waals surface area contributed by atoms with Gasteiger partial charge >= 0.3 is 6.03 Å². The summed E-state index contributed by atoms with van der Waals surface area (Å²) in [7, 11) is 5.13. The SMILES string of the molecule is COCCNC(=O)c1cc(NC(=O)Nc2ccc(F)c(F)c2)ccc1N(C)C. The Balaban J connectivity index is 2.14. The molecule has 2 aromatic rings. The highest BCUT2D eigenvalue weighted by atomic mass is 19.2. The average Bonchev–Trinajstić information content (AvgIpc) is 2.64. The van der Waals surface area contributed by atoms with Crippen LogP contribution in [0.1, 0.15) is 10.4 Å². The molecule has 0 heterocycles. The predicted octanol–water partition coefficient (Wildman–Crippen LogP) is 3.05. The first-order valence-corrected chi connectivity index (χ1v) is 8.43. The highest BCUT2D eigenvalue weighted by molar-refractivity contribution is 6.03. The number of ether oxygens (including phenoxy) is 1. The van der Waals surface area contributed by atoms with Gasteiger partial charge in [-0.3, -0.25) is 4.79 Å². The smallest absolute Gasteiger partial charge is 0.323 e. The van der Waals surface area contributed by atoms with Gasteiger partial charge in [0.2, 0.25) is 0 Å². The van der Waals surface area contributed by atoms with Crippen LogP contribution in [0.3, 0.4) is 0 Å². The lowest BCUT2D eigenvalue weighted by molar-refractivity contribution is 0.0937. The molecule has 28 heavy (non-hydrogen) atoms. The topological polar surface area (TPSA) is 82.7 Å². The molecule has 0 aromatic heterocycles. The van der Waals surface area contributed by atoms with Crippen molar-refractivity contribution in [3.05, 3.63) is 53.6 Å². The van der Waals surface area contributed by atoms with E-state index >= 15 is 0 Å². The first kappa shape index (κ1) is 21.1. The molecular formula is C19H22F2N4O3. The minimum absolute atomic E-state index is 0.0962. The van der Waals surface area contributed by atoms with Crippen molar-refractivity contribution >= 4 is 29.0 Å². The molecule has 0 bridgehead atoms. The number of nitrogens with zero attached hydrogens (tertiary/aromatic N) is 1. The second-order valence-electron chi connectivity index (χ2n) is 6.08. The highest BCUT2D eigenvalue weighted by Crippen LogP contribution is 2.23. The number of nitrogens with one attached hydrogen (secondary N) is 3. The number of carbonyl (C=O) groups excluding carboxylic acids is 2. The highest BCUT2D eigenvalue weighted by Gasteiger charge is 2.15. The van der Waals surface area contributed by atoms with Gasteiger partial charge in [-0.2, -0.15) is 0 Å². The van der Waals surface area contributed by atoms with Crippen LogP contribution in [0.2, 0.25) is 0 Å². The Morgan fingerprint density at radius 2 is 1.64 bits per heavy atom. The van der Waals surface area contributed by atoms with Crippen LogP contribution >= 0.6 is 0 Å². The van der Waals surface area contributed by atoms with Crippen molar-refractivity contribution in [2.75, 3.05) is 49.9 Å². The quantitative estimate of drug-likeness (QED) is 0.633. The number of benzene rings is 2. The van der Waals surface area contributed by atoms with Crippen LogP contribution in [0.25, 0.3) is 0 Å². The Bertz CT molecular complexity index is 859. The lowest BCUT2D eigenvalue weighted by Crippen LogP contribution is -2.29. The van der Waals surface area contributed by atoms with Gasteiger partial charge < -0.3 is 25.6 Å². The van der Waals surface area contributed by atoms with E-state index in [2.05, 4.69) is 16.0 Å². The summed E-state index contributed by atoms with van der Waals surface area (Å²) in [6.07, 6.45) is 0. The minimum atomic E-state index is -1.07. The predicted molar refractivity (Wildman–Crippen MR) is 104 cm³/mol. The van der Waals surface area contributed by atoms with E-state index < -0.39 is 17.7 Å². The minimum Gasteiger partial charge on any atom is -0.383 e. The Hall–Kier alpha value is -3.20. The number of rotatable bonds is 7. The molecule has 150 valence electrons. The van der Waals surface area contributed by atoms with Gasteiger partial charge in [0.1, 0.15) is 0 Å². The summed E-state index contributed by atoms with van der Waals surface area (Å²) in [5, 5.41) is 7.70. The van der Waals surface area contributed by atoms with Gasteiger partial charge in [-0.05, 0) is 30.3 Å². The lowest BCUT2D eigenvalue weighted by atomic mass is 10.1. The van der Waals surface area contributed by atoms with Crippen LogP contribution in [0, 0.1) is 11.6 Å². The zero-order valence-corrected chi connectivity index (χ0v) is 15.8. The van der Waals surface area contributed by atoms with Gasteiger partial charge in [0, 0.05) is 50.9 Å². The maximum absolute atomic E-state index is 13.2.